The molecule has 1 fully saturated rings. The molecule has 1 aliphatic rings. The van der Waals surface area contributed by atoms with Crippen LogP contribution in [0.1, 0.15) is 58.2 Å². The third kappa shape index (κ3) is 3.34. The average molecular weight is 224 g/mol. The van der Waals surface area contributed by atoms with E-state index in [2.05, 4.69) is 35.9 Å². The monoisotopic (exact) mass is 224 g/mol. The summed E-state index contributed by atoms with van der Waals surface area (Å²) in [5.74, 6) is 0.524. The van der Waals surface area contributed by atoms with Gasteiger partial charge in [0.1, 0.15) is 0 Å². The molecule has 0 N–H and O–H groups in total. The second kappa shape index (κ2) is 6.69. The van der Waals surface area contributed by atoms with Crippen molar-refractivity contribution >= 4 is 0 Å². The Morgan fingerprint density at radius 1 is 1.31 bits per heavy atom. The lowest BCUT2D eigenvalue weighted by molar-refractivity contribution is 0.0661. The van der Waals surface area contributed by atoms with Crippen molar-refractivity contribution in [3.8, 4) is 0 Å². The van der Waals surface area contributed by atoms with Gasteiger partial charge in [-0.2, -0.15) is 5.10 Å². The molecule has 2 heterocycles. The van der Waals surface area contributed by atoms with Crippen LogP contribution in [0.25, 0.3) is 0 Å². The average Bonchev–Trinajstić information content (AvgIpc) is 2.82. The summed E-state index contributed by atoms with van der Waals surface area (Å²) < 4.78 is 7.44. The first-order valence-corrected chi connectivity index (χ1v) is 6.40. The molecule has 0 atom stereocenters. The van der Waals surface area contributed by atoms with Crippen LogP contribution < -0.4 is 0 Å². The molecule has 3 heteroatoms. The molecule has 0 saturated carbocycles. The molecule has 1 saturated heterocycles. The number of hydrogen-bond donors (Lipinski definition) is 0. The molecule has 0 bridgehead atoms. The Bertz CT molecular complexity index is 288. The van der Waals surface area contributed by atoms with Crippen molar-refractivity contribution in [1.29, 1.82) is 0 Å². The minimum atomic E-state index is 0.524. The van der Waals surface area contributed by atoms with Crippen molar-refractivity contribution in [3.63, 3.8) is 0 Å². The molecule has 0 aliphatic carbocycles. The number of nitrogens with zero attached hydrogens (tertiary/aromatic N) is 2. The van der Waals surface area contributed by atoms with E-state index < -0.39 is 0 Å². The van der Waals surface area contributed by atoms with Crippen LogP contribution in [0.4, 0.5) is 0 Å². The van der Waals surface area contributed by atoms with Gasteiger partial charge < -0.3 is 4.74 Å². The van der Waals surface area contributed by atoms with E-state index in [1.165, 1.54) is 5.69 Å². The molecule has 0 aromatic carbocycles. The maximum atomic E-state index is 5.33. The topological polar surface area (TPSA) is 27.1 Å². The van der Waals surface area contributed by atoms with Crippen LogP contribution in [-0.4, -0.2) is 23.0 Å². The van der Waals surface area contributed by atoms with Crippen molar-refractivity contribution < 1.29 is 4.74 Å². The minimum Gasteiger partial charge on any atom is -0.381 e. The van der Waals surface area contributed by atoms with Crippen molar-refractivity contribution in [3.05, 3.63) is 18.0 Å². The van der Waals surface area contributed by atoms with Crippen molar-refractivity contribution in [2.45, 2.75) is 52.5 Å². The van der Waals surface area contributed by atoms with Crippen LogP contribution in [0.2, 0.25) is 0 Å². The molecule has 0 radical (unpaired) electrons. The van der Waals surface area contributed by atoms with E-state index in [1.807, 2.05) is 13.8 Å². The van der Waals surface area contributed by atoms with Gasteiger partial charge in [0, 0.05) is 19.4 Å². The smallest absolute Gasteiger partial charge is 0.0650 e. The van der Waals surface area contributed by atoms with Gasteiger partial charge >= 0.3 is 0 Å². The Labute approximate surface area is 98.8 Å². The Hall–Kier alpha value is -0.830. The van der Waals surface area contributed by atoms with Gasteiger partial charge in [-0.1, -0.05) is 27.7 Å². The van der Waals surface area contributed by atoms with Gasteiger partial charge in [-0.25, -0.2) is 0 Å². The van der Waals surface area contributed by atoms with Crippen LogP contribution >= 0.6 is 0 Å². The van der Waals surface area contributed by atoms with E-state index in [1.54, 1.807) is 0 Å². The zero-order valence-corrected chi connectivity index (χ0v) is 10.9. The summed E-state index contributed by atoms with van der Waals surface area (Å²) in [7, 11) is 0. The lowest BCUT2D eigenvalue weighted by Gasteiger charge is -2.22. The van der Waals surface area contributed by atoms with Crippen molar-refractivity contribution in [1.82, 2.24) is 9.78 Å². The van der Waals surface area contributed by atoms with Crippen molar-refractivity contribution in [2.24, 2.45) is 0 Å². The molecule has 2 rings (SSSR count). The third-order valence-corrected chi connectivity index (χ3v) is 2.79. The van der Waals surface area contributed by atoms with Gasteiger partial charge in [-0.15, -0.1) is 0 Å². The molecule has 1 aromatic rings. The second-order valence-electron chi connectivity index (χ2n) is 4.22. The van der Waals surface area contributed by atoms with Crippen molar-refractivity contribution in [2.75, 3.05) is 13.2 Å². The summed E-state index contributed by atoms with van der Waals surface area (Å²) >= 11 is 0. The lowest BCUT2D eigenvalue weighted by atomic mass is 10.1. The summed E-state index contributed by atoms with van der Waals surface area (Å²) in [5, 5.41) is 4.59. The molecular weight excluding hydrogens is 200 g/mol. The summed E-state index contributed by atoms with van der Waals surface area (Å²) in [5.41, 5.74) is 1.19. The highest BCUT2D eigenvalue weighted by molar-refractivity contribution is 5.04. The fourth-order valence-corrected chi connectivity index (χ4v) is 1.81. The highest BCUT2D eigenvalue weighted by atomic mass is 16.5. The normalized spacial score (nSPS) is 17.1. The van der Waals surface area contributed by atoms with E-state index in [9.17, 15) is 0 Å². The first-order chi connectivity index (χ1) is 7.77. The highest BCUT2D eigenvalue weighted by Crippen LogP contribution is 2.21. The number of hydrogen-bond acceptors (Lipinski definition) is 2. The molecule has 92 valence electrons. The van der Waals surface area contributed by atoms with Gasteiger partial charge in [-0.3, -0.25) is 4.68 Å². The van der Waals surface area contributed by atoms with Gasteiger partial charge in [0.05, 0.1) is 11.7 Å². The second-order valence-corrected chi connectivity index (χ2v) is 4.22. The first-order valence-electron chi connectivity index (χ1n) is 6.40. The molecule has 0 spiro atoms. The quantitative estimate of drug-likeness (QED) is 0.770. The Balaban J connectivity index is 0.000000606. The number of ether oxygens (including phenoxy) is 1. The van der Waals surface area contributed by atoms with Gasteiger partial charge in [0.2, 0.25) is 0 Å². The lowest BCUT2D eigenvalue weighted by Crippen LogP contribution is -2.20. The fourth-order valence-electron chi connectivity index (χ4n) is 1.81. The molecule has 16 heavy (non-hydrogen) atoms. The van der Waals surface area contributed by atoms with Crippen LogP contribution in [0.15, 0.2) is 12.3 Å². The summed E-state index contributed by atoms with van der Waals surface area (Å²) in [6.45, 7) is 10.1. The zero-order valence-electron chi connectivity index (χ0n) is 10.9. The summed E-state index contributed by atoms with van der Waals surface area (Å²) in [6, 6.07) is 2.68. The SMILES string of the molecule is CC.CC(C)c1ccn(C2CCOCC2)n1. The number of rotatable bonds is 2. The summed E-state index contributed by atoms with van der Waals surface area (Å²) in [4.78, 5) is 0. The molecule has 1 aromatic heterocycles. The largest absolute Gasteiger partial charge is 0.381 e. The Morgan fingerprint density at radius 2 is 1.94 bits per heavy atom. The van der Waals surface area contributed by atoms with E-state index in [-0.39, 0.29) is 0 Å². The number of aromatic nitrogens is 2. The van der Waals surface area contributed by atoms with Crippen LogP contribution in [0.5, 0.6) is 0 Å². The van der Waals surface area contributed by atoms with E-state index in [0.717, 1.165) is 26.1 Å². The van der Waals surface area contributed by atoms with Gasteiger partial charge in [0.15, 0.2) is 0 Å². The van der Waals surface area contributed by atoms with E-state index in [4.69, 9.17) is 4.74 Å². The maximum absolute atomic E-state index is 5.33. The minimum absolute atomic E-state index is 0.524. The maximum Gasteiger partial charge on any atom is 0.0650 e. The van der Waals surface area contributed by atoms with Gasteiger partial charge in [0.25, 0.3) is 0 Å². The standard InChI is InChI=1S/C11H18N2O.C2H6/c1-9(2)11-3-6-13(12-11)10-4-7-14-8-5-10;1-2/h3,6,9-10H,4-5,7-8H2,1-2H3;1-2H3. The van der Waals surface area contributed by atoms with E-state index in [0.29, 0.717) is 12.0 Å². The molecular formula is C13H24N2O. The fraction of sp³-hybridized carbons (Fsp3) is 0.769. The first kappa shape index (κ1) is 13.2. The van der Waals surface area contributed by atoms with Crippen LogP contribution in [-0.2, 0) is 4.74 Å². The Kier molecular flexibility index (Phi) is 5.53. The van der Waals surface area contributed by atoms with Gasteiger partial charge in [-0.05, 0) is 24.8 Å². The predicted octanol–water partition coefficient (Wildman–Crippen LogP) is 3.38. The highest BCUT2D eigenvalue weighted by Gasteiger charge is 2.16. The van der Waals surface area contributed by atoms with E-state index >= 15 is 0 Å². The molecule has 3 nitrogen and oxygen atoms in total. The predicted molar refractivity (Wildman–Crippen MR) is 66.8 cm³/mol. The van der Waals surface area contributed by atoms with Crippen LogP contribution in [0, 0.1) is 0 Å². The molecule has 1 aliphatic heterocycles. The molecule has 0 unspecified atom stereocenters. The third-order valence-electron chi connectivity index (χ3n) is 2.79. The Morgan fingerprint density at radius 3 is 2.44 bits per heavy atom. The van der Waals surface area contributed by atoms with Crippen LogP contribution in [0.3, 0.4) is 0 Å². The summed E-state index contributed by atoms with van der Waals surface area (Å²) in [6.07, 6.45) is 4.30. The molecule has 0 amide bonds. The zero-order chi connectivity index (χ0) is 12.0.